The van der Waals surface area contributed by atoms with Crippen LogP contribution in [0.3, 0.4) is 0 Å². The van der Waals surface area contributed by atoms with E-state index in [-0.39, 0.29) is 30.7 Å². The molecule has 1 fully saturated rings. The lowest BCUT2D eigenvalue weighted by atomic mass is 9.91. The zero-order chi connectivity index (χ0) is 19.2. The van der Waals surface area contributed by atoms with Crippen LogP contribution in [0.15, 0.2) is 29.6 Å². The predicted octanol–water partition coefficient (Wildman–Crippen LogP) is 3.90. The molecule has 0 saturated carbocycles. The maximum Gasteiger partial charge on any atom is 0.271 e. The molecule has 1 saturated heterocycles. The molecule has 0 spiro atoms. The molecule has 2 aromatic rings. The second-order valence-electron chi connectivity index (χ2n) is 7.80. The Morgan fingerprint density at radius 1 is 1.17 bits per heavy atom. The molecular weight excluding hydrogens is 427 g/mol. The van der Waals surface area contributed by atoms with E-state index in [2.05, 4.69) is 53.3 Å². The standard InChI is InChI=1S/C21H30N4OS.2ClH/c1-15-9-16(2)12-25(11-15)13-18-5-3-17(4-6-18)10-23-21(26)19-14-27-20(24-19)7-8-22;;/h3-6,14-16H,7-13,22H2,1-2H3,(H,23,26);2*1H. The number of halogens is 2. The highest BCUT2D eigenvalue weighted by atomic mass is 35.5. The fraction of sp³-hybridized carbons (Fsp3) is 0.524. The van der Waals surface area contributed by atoms with Gasteiger partial charge in [0.25, 0.3) is 5.91 Å². The molecule has 0 radical (unpaired) electrons. The fourth-order valence-electron chi connectivity index (χ4n) is 3.87. The minimum atomic E-state index is -0.130. The van der Waals surface area contributed by atoms with E-state index in [1.54, 1.807) is 5.38 Å². The third-order valence-electron chi connectivity index (χ3n) is 4.97. The zero-order valence-electron chi connectivity index (χ0n) is 17.1. The molecule has 2 unspecified atom stereocenters. The Morgan fingerprint density at radius 2 is 1.79 bits per heavy atom. The Hall–Kier alpha value is -1.18. The predicted molar refractivity (Wildman–Crippen MR) is 125 cm³/mol. The molecule has 8 heteroatoms. The van der Waals surface area contributed by atoms with E-state index < -0.39 is 0 Å². The minimum Gasteiger partial charge on any atom is -0.347 e. The van der Waals surface area contributed by atoms with E-state index >= 15 is 0 Å². The van der Waals surface area contributed by atoms with Crippen LogP contribution in [0.5, 0.6) is 0 Å². The number of rotatable bonds is 7. The van der Waals surface area contributed by atoms with Crippen LogP contribution in [0.25, 0.3) is 0 Å². The van der Waals surface area contributed by atoms with Gasteiger partial charge in [-0.2, -0.15) is 0 Å². The maximum absolute atomic E-state index is 12.2. The van der Waals surface area contributed by atoms with Crippen molar-refractivity contribution in [2.45, 2.75) is 39.8 Å². The molecule has 3 rings (SSSR count). The average molecular weight is 459 g/mol. The van der Waals surface area contributed by atoms with E-state index in [1.165, 1.54) is 36.4 Å². The van der Waals surface area contributed by atoms with Gasteiger partial charge in [0.1, 0.15) is 5.69 Å². The first-order valence-electron chi connectivity index (χ1n) is 9.76. The van der Waals surface area contributed by atoms with Gasteiger partial charge in [0.05, 0.1) is 5.01 Å². The van der Waals surface area contributed by atoms with E-state index in [1.807, 2.05) is 0 Å². The van der Waals surface area contributed by atoms with Gasteiger partial charge in [-0.1, -0.05) is 38.1 Å². The number of likely N-dealkylation sites (tertiary alicyclic amines) is 1. The van der Waals surface area contributed by atoms with Crippen LogP contribution >= 0.6 is 36.2 Å². The van der Waals surface area contributed by atoms with Crippen LogP contribution in [0.2, 0.25) is 0 Å². The number of piperidine rings is 1. The lowest BCUT2D eigenvalue weighted by molar-refractivity contribution is 0.0946. The molecule has 1 aliphatic rings. The van der Waals surface area contributed by atoms with Gasteiger partial charge in [0.15, 0.2) is 0 Å². The summed E-state index contributed by atoms with van der Waals surface area (Å²) in [6.45, 7) is 9.12. The first kappa shape index (κ1) is 25.9. The number of aromatic nitrogens is 1. The van der Waals surface area contributed by atoms with Crippen LogP contribution in [-0.2, 0) is 19.5 Å². The summed E-state index contributed by atoms with van der Waals surface area (Å²) in [5.74, 6) is 1.42. The third kappa shape index (κ3) is 7.87. The van der Waals surface area contributed by atoms with Crippen LogP contribution in [0.1, 0.15) is 46.9 Å². The number of nitrogens with two attached hydrogens (primary N) is 1. The Labute approximate surface area is 190 Å². The number of hydrogen-bond donors (Lipinski definition) is 2. The highest BCUT2D eigenvalue weighted by molar-refractivity contribution is 7.09. The molecule has 29 heavy (non-hydrogen) atoms. The van der Waals surface area contributed by atoms with Crippen LogP contribution in [0, 0.1) is 11.8 Å². The summed E-state index contributed by atoms with van der Waals surface area (Å²) in [5, 5.41) is 5.65. The number of nitrogens with zero attached hydrogens (tertiary/aromatic N) is 2. The Morgan fingerprint density at radius 3 is 2.41 bits per heavy atom. The van der Waals surface area contributed by atoms with Gasteiger partial charge in [-0.25, -0.2) is 4.98 Å². The summed E-state index contributed by atoms with van der Waals surface area (Å²) in [6.07, 6.45) is 2.05. The molecule has 1 amide bonds. The smallest absolute Gasteiger partial charge is 0.271 e. The Bertz CT molecular complexity index is 743. The normalized spacial score (nSPS) is 19.1. The van der Waals surface area contributed by atoms with Crippen molar-refractivity contribution in [3.05, 3.63) is 51.5 Å². The van der Waals surface area contributed by atoms with Crippen molar-refractivity contribution < 1.29 is 4.79 Å². The Kier molecular flexibility index (Phi) is 11.1. The van der Waals surface area contributed by atoms with Gasteiger partial charge in [0, 0.05) is 38.0 Å². The highest BCUT2D eigenvalue weighted by Crippen LogP contribution is 2.22. The second-order valence-corrected chi connectivity index (χ2v) is 8.75. The van der Waals surface area contributed by atoms with Crippen molar-refractivity contribution in [3.8, 4) is 0 Å². The minimum absolute atomic E-state index is 0. The molecule has 0 bridgehead atoms. The molecule has 1 aromatic carbocycles. The average Bonchev–Trinajstić information content (AvgIpc) is 3.09. The van der Waals surface area contributed by atoms with Gasteiger partial charge < -0.3 is 11.1 Å². The van der Waals surface area contributed by atoms with Crippen LogP contribution < -0.4 is 11.1 Å². The number of carbonyl (C=O) groups is 1. The van der Waals surface area contributed by atoms with Crippen molar-refractivity contribution >= 4 is 42.1 Å². The number of amides is 1. The lowest BCUT2D eigenvalue weighted by Gasteiger charge is -2.35. The summed E-state index contributed by atoms with van der Waals surface area (Å²) in [6, 6.07) is 8.56. The quantitative estimate of drug-likeness (QED) is 0.659. The van der Waals surface area contributed by atoms with Crippen LogP contribution in [0.4, 0.5) is 0 Å². The van der Waals surface area contributed by atoms with Crippen molar-refractivity contribution in [1.29, 1.82) is 0 Å². The monoisotopic (exact) mass is 458 g/mol. The SMILES string of the molecule is CC1CC(C)CN(Cc2ccc(CNC(=O)c3csc(CCN)n3)cc2)C1.Cl.Cl. The van der Waals surface area contributed by atoms with Crippen molar-refractivity contribution in [3.63, 3.8) is 0 Å². The largest absolute Gasteiger partial charge is 0.347 e. The van der Waals surface area contributed by atoms with E-state index in [0.29, 0.717) is 25.2 Å². The fourth-order valence-corrected chi connectivity index (χ4v) is 4.66. The number of thiazole rings is 1. The molecule has 5 nitrogen and oxygen atoms in total. The molecule has 3 N–H and O–H groups in total. The summed E-state index contributed by atoms with van der Waals surface area (Å²) in [5.41, 5.74) is 8.44. The molecule has 162 valence electrons. The molecule has 2 atom stereocenters. The second kappa shape index (κ2) is 12.5. The van der Waals surface area contributed by atoms with E-state index in [0.717, 1.165) is 29.0 Å². The van der Waals surface area contributed by atoms with Gasteiger partial charge in [0.2, 0.25) is 0 Å². The third-order valence-corrected chi connectivity index (χ3v) is 5.88. The molecular formula is C21H32Cl2N4OS. The summed E-state index contributed by atoms with van der Waals surface area (Å²) < 4.78 is 0. The topological polar surface area (TPSA) is 71.2 Å². The molecule has 0 aliphatic carbocycles. The zero-order valence-corrected chi connectivity index (χ0v) is 19.5. The Balaban J connectivity index is 0.00000210. The first-order valence-corrected chi connectivity index (χ1v) is 10.6. The maximum atomic E-state index is 12.2. The number of hydrogen-bond acceptors (Lipinski definition) is 5. The molecule has 2 heterocycles. The number of carbonyl (C=O) groups excluding carboxylic acids is 1. The molecule has 1 aliphatic heterocycles. The van der Waals surface area contributed by atoms with Gasteiger partial charge >= 0.3 is 0 Å². The van der Waals surface area contributed by atoms with Gasteiger partial charge in [-0.3, -0.25) is 9.69 Å². The van der Waals surface area contributed by atoms with Crippen molar-refractivity contribution in [2.24, 2.45) is 17.6 Å². The number of benzene rings is 1. The summed E-state index contributed by atoms with van der Waals surface area (Å²) >= 11 is 1.49. The summed E-state index contributed by atoms with van der Waals surface area (Å²) in [7, 11) is 0. The van der Waals surface area contributed by atoms with Crippen LogP contribution in [-0.4, -0.2) is 35.4 Å². The summed E-state index contributed by atoms with van der Waals surface area (Å²) in [4.78, 5) is 19.1. The highest BCUT2D eigenvalue weighted by Gasteiger charge is 2.21. The first-order chi connectivity index (χ1) is 13.0. The van der Waals surface area contributed by atoms with Crippen molar-refractivity contribution in [2.75, 3.05) is 19.6 Å². The van der Waals surface area contributed by atoms with E-state index in [9.17, 15) is 4.79 Å². The van der Waals surface area contributed by atoms with Gasteiger partial charge in [-0.05, 0) is 35.9 Å². The molecule has 1 aromatic heterocycles. The van der Waals surface area contributed by atoms with Crippen molar-refractivity contribution in [1.82, 2.24) is 15.2 Å². The van der Waals surface area contributed by atoms with Gasteiger partial charge in [-0.15, -0.1) is 36.2 Å². The van der Waals surface area contributed by atoms with E-state index in [4.69, 9.17) is 5.73 Å². The lowest BCUT2D eigenvalue weighted by Crippen LogP contribution is -2.38. The number of nitrogens with one attached hydrogen (secondary N) is 1.